The first kappa shape index (κ1) is 16.8. The summed E-state index contributed by atoms with van der Waals surface area (Å²) in [6.07, 6.45) is 4.10. The fraction of sp³-hybridized carbons (Fsp3) is 0.240. The second-order valence-electron chi connectivity index (χ2n) is 7.35. The van der Waals surface area contributed by atoms with Crippen LogP contribution in [-0.2, 0) is 25.7 Å². The number of benzene rings is 3. The Kier molecular flexibility index (Phi) is 4.71. The zero-order chi connectivity index (χ0) is 17.9. The molecule has 3 aromatic carbocycles. The molecule has 4 aliphatic rings. The second kappa shape index (κ2) is 7.29. The normalized spacial score (nSPS) is 14.5. The molecule has 0 heterocycles. The van der Waals surface area contributed by atoms with E-state index in [1.807, 2.05) is 6.07 Å². The molecule has 1 N–H and O–H groups in total. The van der Waals surface area contributed by atoms with Gasteiger partial charge in [0.15, 0.2) is 0 Å². The van der Waals surface area contributed by atoms with Gasteiger partial charge in [0, 0.05) is 11.6 Å². The quantitative estimate of drug-likeness (QED) is 0.588. The van der Waals surface area contributed by atoms with Crippen LogP contribution in [0.2, 0.25) is 0 Å². The Balaban J connectivity index is 1.69. The summed E-state index contributed by atoms with van der Waals surface area (Å²) in [5.74, 6) is 0.108. The first-order chi connectivity index (χ1) is 12.7. The van der Waals surface area contributed by atoms with Crippen LogP contribution in [-0.4, -0.2) is 5.71 Å². The monoisotopic (exact) mass is 339 g/mol. The first-order valence-corrected chi connectivity index (χ1v) is 9.54. The van der Waals surface area contributed by atoms with Gasteiger partial charge >= 0.3 is 0 Å². The molecule has 26 heavy (non-hydrogen) atoms. The van der Waals surface area contributed by atoms with E-state index in [0.29, 0.717) is 0 Å². The lowest BCUT2D eigenvalue weighted by molar-refractivity contribution is 0.913. The summed E-state index contributed by atoms with van der Waals surface area (Å²) in [7, 11) is 0. The van der Waals surface area contributed by atoms with Gasteiger partial charge in [-0.3, -0.25) is 0 Å². The molecule has 0 radical (unpaired) electrons. The van der Waals surface area contributed by atoms with E-state index in [0.717, 1.165) is 37.0 Å². The van der Waals surface area contributed by atoms with Crippen LogP contribution in [0.3, 0.4) is 0 Å². The molecule has 1 heteroatoms. The SMILES string of the molecule is CC(C(=N)c1cc2ccc1CCc1ccc(cc1)CC2)c1ccccc1. The van der Waals surface area contributed by atoms with E-state index in [9.17, 15) is 0 Å². The number of rotatable bonds is 3. The van der Waals surface area contributed by atoms with Crippen molar-refractivity contribution in [1.82, 2.24) is 0 Å². The van der Waals surface area contributed by atoms with Gasteiger partial charge in [-0.2, -0.15) is 0 Å². The summed E-state index contributed by atoms with van der Waals surface area (Å²) in [6.45, 7) is 2.15. The predicted octanol–water partition coefficient (Wildman–Crippen LogP) is 5.74. The Morgan fingerprint density at radius 1 is 0.731 bits per heavy atom. The summed E-state index contributed by atoms with van der Waals surface area (Å²) in [4.78, 5) is 0. The third-order valence-electron chi connectivity index (χ3n) is 5.61. The van der Waals surface area contributed by atoms with Crippen LogP contribution < -0.4 is 0 Å². The minimum Gasteiger partial charge on any atom is -0.304 e. The summed E-state index contributed by atoms with van der Waals surface area (Å²) >= 11 is 0. The Hall–Kier alpha value is -2.67. The number of hydrogen-bond donors (Lipinski definition) is 1. The molecule has 1 nitrogen and oxygen atoms in total. The van der Waals surface area contributed by atoms with Crippen LogP contribution in [0, 0.1) is 5.41 Å². The standard InChI is InChI=1S/C25H25N/c1-18(22-5-3-2-4-6-22)25(26)24-17-21-12-11-19-7-9-20(10-8-19)13-15-23(24)16-14-21/h2-10,14,16-18,26H,11-13,15H2,1H3. The molecule has 0 fully saturated rings. The van der Waals surface area contributed by atoms with Gasteiger partial charge in [-0.1, -0.05) is 73.7 Å². The summed E-state index contributed by atoms with van der Waals surface area (Å²) < 4.78 is 0. The highest BCUT2D eigenvalue weighted by Gasteiger charge is 2.17. The minimum atomic E-state index is 0.108. The maximum absolute atomic E-state index is 8.90. The van der Waals surface area contributed by atoms with Crippen molar-refractivity contribution < 1.29 is 0 Å². The number of nitrogens with one attached hydrogen (secondary N) is 1. The highest BCUT2D eigenvalue weighted by molar-refractivity contribution is 6.04. The summed E-state index contributed by atoms with van der Waals surface area (Å²) in [5, 5.41) is 8.90. The van der Waals surface area contributed by atoms with Crippen molar-refractivity contribution in [2.75, 3.05) is 0 Å². The molecule has 0 spiro atoms. The first-order valence-electron chi connectivity index (χ1n) is 9.54. The van der Waals surface area contributed by atoms with Crippen molar-refractivity contribution in [3.63, 3.8) is 0 Å². The Morgan fingerprint density at radius 3 is 2.00 bits per heavy atom. The molecular weight excluding hydrogens is 314 g/mol. The van der Waals surface area contributed by atoms with Gasteiger partial charge in [0.2, 0.25) is 0 Å². The van der Waals surface area contributed by atoms with Gasteiger partial charge in [0.1, 0.15) is 0 Å². The molecule has 0 aromatic heterocycles. The fourth-order valence-corrected chi connectivity index (χ4v) is 3.83. The highest BCUT2D eigenvalue weighted by Crippen LogP contribution is 2.25. The molecule has 0 aliphatic heterocycles. The lowest BCUT2D eigenvalue weighted by Crippen LogP contribution is -2.13. The molecule has 0 amide bonds. The van der Waals surface area contributed by atoms with E-state index in [-0.39, 0.29) is 5.92 Å². The molecule has 0 saturated heterocycles. The van der Waals surface area contributed by atoms with E-state index < -0.39 is 0 Å². The Labute approximate surface area is 156 Å². The third-order valence-corrected chi connectivity index (χ3v) is 5.61. The van der Waals surface area contributed by atoms with Crippen molar-refractivity contribution in [3.8, 4) is 0 Å². The van der Waals surface area contributed by atoms with Crippen LogP contribution in [0.15, 0.2) is 72.8 Å². The molecule has 7 rings (SSSR count). The van der Waals surface area contributed by atoms with E-state index in [1.54, 1.807) is 0 Å². The molecule has 1 unspecified atom stereocenters. The molecule has 3 aromatic rings. The zero-order valence-corrected chi connectivity index (χ0v) is 15.3. The van der Waals surface area contributed by atoms with Gasteiger partial charge in [0.05, 0.1) is 0 Å². The molecule has 4 bridgehead atoms. The van der Waals surface area contributed by atoms with E-state index in [4.69, 9.17) is 5.41 Å². The van der Waals surface area contributed by atoms with Crippen LogP contribution >= 0.6 is 0 Å². The smallest absolute Gasteiger partial charge is 0.0461 e. The van der Waals surface area contributed by atoms with Crippen molar-refractivity contribution in [2.24, 2.45) is 0 Å². The topological polar surface area (TPSA) is 23.9 Å². The van der Waals surface area contributed by atoms with Crippen molar-refractivity contribution in [3.05, 3.63) is 106 Å². The minimum absolute atomic E-state index is 0.108. The van der Waals surface area contributed by atoms with Crippen molar-refractivity contribution in [1.29, 1.82) is 5.41 Å². The maximum atomic E-state index is 8.90. The van der Waals surface area contributed by atoms with E-state index >= 15 is 0 Å². The second-order valence-corrected chi connectivity index (χ2v) is 7.35. The van der Waals surface area contributed by atoms with Crippen LogP contribution in [0.5, 0.6) is 0 Å². The van der Waals surface area contributed by atoms with Crippen molar-refractivity contribution >= 4 is 5.71 Å². The average Bonchev–Trinajstić information content (AvgIpc) is 2.69. The predicted molar refractivity (Wildman–Crippen MR) is 109 cm³/mol. The average molecular weight is 339 g/mol. The number of hydrogen-bond acceptors (Lipinski definition) is 1. The van der Waals surface area contributed by atoms with E-state index in [1.165, 1.54) is 27.8 Å². The maximum Gasteiger partial charge on any atom is 0.0461 e. The highest BCUT2D eigenvalue weighted by atomic mass is 14.4. The van der Waals surface area contributed by atoms with Gasteiger partial charge in [0.25, 0.3) is 0 Å². The van der Waals surface area contributed by atoms with Crippen LogP contribution in [0.25, 0.3) is 0 Å². The lowest BCUT2D eigenvalue weighted by Gasteiger charge is -2.19. The number of aryl methyl sites for hydroxylation is 4. The van der Waals surface area contributed by atoms with Gasteiger partial charge in [-0.15, -0.1) is 0 Å². The lowest BCUT2D eigenvalue weighted by atomic mass is 9.86. The van der Waals surface area contributed by atoms with Gasteiger partial charge in [-0.25, -0.2) is 0 Å². The molecule has 4 aliphatic carbocycles. The Bertz CT molecular complexity index is 907. The molecule has 0 saturated carbocycles. The van der Waals surface area contributed by atoms with Gasteiger partial charge < -0.3 is 5.41 Å². The zero-order valence-electron chi connectivity index (χ0n) is 15.3. The molecular formula is C25H25N. The van der Waals surface area contributed by atoms with Crippen LogP contribution in [0.1, 0.15) is 46.2 Å². The largest absolute Gasteiger partial charge is 0.304 e. The third kappa shape index (κ3) is 3.48. The van der Waals surface area contributed by atoms with E-state index in [2.05, 4.69) is 73.7 Å². The van der Waals surface area contributed by atoms with Crippen LogP contribution in [0.4, 0.5) is 0 Å². The summed E-state index contributed by atoms with van der Waals surface area (Å²) in [6, 6.07) is 26.3. The molecule has 130 valence electrons. The summed E-state index contributed by atoms with van der Waals surface area (Å²) in [5.41, 5.74) is 8.49. The van der Waals surface area contributed by atoms with Gasteiger partial charge in [-0.05, 0) is 65.1 Å². The van der Waals surface area contributed by atoms with Crippen molar-refractivity contribution in [2.45, 2.75) is 38.5 Å². The molecule has 1 atom stereocenters. The Morgan fingerprint density at radius 2 is 1.31 bits per heavy atom. The fourth-order valence-electron chi connectivity index (χ4n) is 3.83.